The zero-order chi connectivity index (χ0) is 6.41. The topological polar surface area (TPSA) is 46.2 Å². The molecule has 0 radical (unpaired) electrons. The molecule has 2 nitrogen and oxygen atoms in total. The Labute approximate surface area is 50.0 Å². The molecule has 8 heavy (non-hydrogen) atoms. The molecule has 0 saturated heterocycles. The van der Waals surface area contributed by atoms with Crippen molar-refractivity contribution in [3.63, 3.8) is 0 Å². The molecular weight excluding hydrogens is 102 g/mol. The Hall–Kier alpha value is -0.340. The maximum absolute atomic E-state index is 8.40. The van der Waals surface area contributed by atoms with Crippen LogP contribution in [-0.4, -0.2) is 17.8 Å². The molecule has 0 heterocycles. The predicted molar refractivity (Wildman–Crippen MR) is 34.5 cm³/mol. The van der Waals surface area contributed by atoms with Crippen molar-refractivity contribution in [1.29, 1.82) is 0 Å². The average molecular weight is 115 g/mol. The first kappa shape index (κ1) is 7.66. The number of hydrogen-bond acceptors (Lipinski definition) is 2. The van der Waals surface area contributed by atoms with Crippen LogP contribution in [0.4, 0.5) is 0 Å². The molecule has 3 N–H and O–H groups in total. The molecule has 0 bridgehead atoms. The minimum Gasteiger partial charge on any atom is -0.395 e. The normalized spacial score (nSPS) is 13.2. The van der Waals surface area contributed by atoms with E-state index in [9.17, 15) is 0 Å². The van der Waals surface area contributed by atoms with Crippen LogP contribution in [0.25, 0.3) is 0 Å². The Morgan fingerprint density at radius 2 is 2.38 bits per heavy atom. The summed E-state index contributed by atoms with van der Waals surface area (Å²) in [6.07, 6.45) is 3.53. The van der Waals surface area contributed by atoms with Crippen LogP contribution in [0, 0.1) is 0 Å². The second-order valence-electron chi connectivity index (χ2n) is 1.81. The van der Waals surface area contributed by atoms with Crippen molar-refractivity contribution in [2.75, 3.05) is 6.61 Å². The summed E-state index contributed by atoms with van der Waals surface area (Å²) >= 11 is 0. The first-order valence-electron chi connectivity index (χ1n) is 2.78. The molecule has 0 aromatic rings. The predicted octanol–water partition coefficient (Wildman–Crippen LogP) is 0.272. The van der Waals surface area contributed by atoms with E-state index in [1.165, 1.54) is 0 Å². The first-order valence-corrected chi connectivity index (χ1v) is 2.78. The maximum atomic E-state index is 8.40. The van der Waals surface area contributed by atoms with Crippen LogP contribution in [0.15, 0.2) is 12.7 Å². The van der Waals surface area contributed by atoms with Gasteiger partial charge in [0.1, 0.15) is 0 Å². The van der Waals surface area contributed by atoms with Gasteiger partial charge in [-0.3, -0.25) is 0 Å². The van der Waals surface area contributed by atoms with Gasteiger partial charge in [-0.2, -0.15) is 0 Å². The maximum Gasteiger partial charge on any atom is 0.0582 e. The zero-order valence-electron chi connectivity index (χ0n) is 5.01. The minimum absolute atomic E-state index is 0.0620. The van der Waals surface area contributed by atoms with Gasteiger partial charge in [0.2, 0.25) is 0 Å². The summed E-state index contributed by atoms with van der Waals surface area (Å²) in [6, 6.07) is -0.0620. The smallest absolute Gasteiger partial charge is 0.0582 e. The quantitative estimate of drug-likeness (QED) is 0.517. The van der Waals surface area contributed by atoms with E-state index in [1.54, 1.807) is 6.08 Å². The second kappa shape index (κ2) is 4.81. The van der Waals surface area contributed by atoms with Crippen molar-refractivity contribution in [2.45, 2.75) is 18.9 Å². The van der Waals surface area contributed by atoms with Crippen LogP contribution < -0.4 is 5.73 Å². The fourth-order valence-electron chi connectivity index (χ4n) is 0.423. The van der Waals surface area contributed by atoms with Gasteiger partial charge < -0.3 is 10.8 Å². The van der Waals surface area contributed by atoms with Gasteiger partial charge in [-0.15, -0.1) is 6.58 Å². The number of nitrogens with two attached hydrogens (primary N) is 1. The third-order valence-electron chi connectivity index (χ3n) is 0.976. The molecule has 0 spiro atoms. The van der Waals surface area contributed by atoms with Gasteiger partial charge in [-0.1, -0.05) is 6.08 Å². The lowest BCUT2D eigenvalue weighted by Crippen LogP contribution is -2.23. The van der Waals surface area contributed by atoms with E-state index in [0.717, 1.165) is 12.8 Å². The highest BCUT2D eigenvalue weighted by molar-refractivity contribution is 4.70. The van der Waals surface area contributed by atoms with E-state index in [1.807, 2.05) is 0 Å². The third kappa shape index (κ3) is 3.84. The van der Waals surface area contributed by atoms with Gasteiger partial charge in [0.25, 0.3) is 0 Å². The molecule has 0 aromatic carbocycles. The van der Waals surface area contributed by atoms with Crippen LogP contribution in [-0.2, 0) is 0 Å². The van der Waals surface area contributed by atoms with Crippen molar-refractivity contribution in [3.8, 4) is 0 Å². The summed E-state index contributed by atoms with van der Waals surface area (Å²) < 4.78 is 0. The summed E-state index contributed by atoms with van der Waals surface area (Å²) in [5.41, 5.74) is 5.36. The van der Waals surface area contributed by atoms with Crippen molar-refractivity contribution in [2.24, 2.45) is 5.73 Å². The highest BCUT2D eigenvalue weighted by Gasteiger charge is 1.95. The van der Waals surface area contributed by atoms with E-state index >= 15 is 0 Å². The Morgan fingerprint density at radius 1 is 1.75 bits per heavy atom. The monoisotopic (exact) mass is 115 g/mol. The standard InChI is InChI=1S/C6H13NO/c1-2-3-4-6(7)5-8/h2,6,8H,1,3-5,7H2/t6-/m0/s1. The lowest BCUT2D eigenvalue weighted by molar-refractivity contribution is 0.260. The highest BCUT2D eigenvalue weighted by atomic mass is 16.3. The lowest BCUT2D eigenvalue weighted by Gasteiger charge is -2.02. The Morgan fingerprint density at radius 3 is 2.75 bits per heavy atom. The number of aliphatic hydroxyl groups is 1. The van der Waals surface area contributed by atoms with Gasteiger partial charge in [0.05, 0.1) is 6.61 Å². The Bertz CT molecular complexity index is 63.5. The first-order chi connectivity index (χ1) is 3.81. The van der Waals surface area contributed by atoms with E-state index in [2.05, 4.69) is 6.58 Å². The lowest BCUT2D eigenvalue weighted by atomic mass is 10.2. The molecule has 0 aliphatic heterocycles. The third-order valence-corrected chi connectivity index (χ3v) is 0.976. The summed E-state index contributed by atoms with van der Waals surface area (Å²) in [5, 5.41) is 8.40. The van der Waals surface area contributed by atoms with Crippen LogP contribution in [0.1, 0.15) is 12.8 Å². The number of rotatable bonds is 4. The zero-order valence-corrected chi connectivity index (χ0v) is 5.01. The summed E-state index contributed by atoms with van der Waals surface area (Å²) in [4.78, 5) is 0. The molecule has 0 fully saturated rings. The molecule has 0 aliphatic carbocycles. The second-order valence-corrected chi connectivity index (χ2v) is 1.81. The van der Waals surface area contributed by atoms with Gasteiger partial charge >= 0.3 is 0 Å². The van der Waals surface area contributed by atoms with E-state index < -0.39 is 0 Å². The van der Waals surface area contributed by atoms with Gasteiger partial charge in [0.15, 0.2) is 0 Å². The Balaban J connectivity index is 2.97. The molecular formula is C6H13NO. The van der Waals surface area contributed by atoms with Crippen molar-refractivity contribution >= 4 is 0 Å². The fourth-order valence-corrected chi connectivity index (χ4v) is 0.423. The van der Waals surface area contributed by atoms with E-state index in [0.29, 0.717) is 0 Å². The van der Waals surface area contributed by atoms with Crippen LogP contribution in [0.3, 0.4) is 0 Å². The molecule has 1 atom stereocenters. The summed E-state index contributed by atoms with van der Waals surface area (Å²) in [6.45, 7) is 3.61. The van der Waals surface area contributed by atoms with Gasteiger partial charge in [-0.05, 0) is 12.8 Å². The Kier molecular flexibility index (Phi) is 4.61. The number of aliphatic hydroxyl groups excluding tert-OH is 1. The van der Waals surface area contributed by atoms with Crippen molar-refractivity contribution in [1.82, 2.24) is 0 Å². The molecule has 0 unspecified atom stereocenters. The number of allylic oxidation sites excluding steroid dienone is 1. The van der Waals surface area contributed by atoms with Crippen molar-refractivity contribution < 1.29 is 5.11 Å². The summed E-state index contributed by atoms with van der Waals surface area (Å²) in [5.74, 6) is 0. The highest BCUT2D eigenvalue weighted by Crippen LogP contribution is 1.92. The van der Waals surface area contributed by atoms with Gasteiger partial charge in [-0.25, -0.2) is 0 Å². The SMILES string of the molecule is C=CCC[C@H](N)CO. The van der Waals surface area contributed by atoms with E-state index in [-0.39, 0.29) is 12.6 Å². The molecule has 0 rings (SSSR count). The van der Waals surface area contributed by atoms with Crippen LogP contribution >= 0.6 is 0 Å². The minimum atomic E-state index is -0.0620. The van der Waals surface area contributed by atoms with E-state index in [4.69, 9.17) is 10.8 Å². The molecule has 2 heteroatoms. The van der Waals surface area contributed by atoms with Crippen molar-refractivity contribution in [3.05, 3.63) is 12.7 Å². The molecule has 0 aromatic heterocycles. The summed E-state index contributed by atoms with van der Waals surface area (Å²) in [7, 11) is 0. The fraction of sp³-hybridized carbons (Fsp3) is 0.667. The van der Waals surface area contributed by atoms with Crippen LogP contribution in [0.2, 0.25) is 0 Å². The van der Waals surface area contributed by atoms with Crippen LogP contribution in [0.5, 0.6) is 0 Å². The largest absolute Gasteiger partial charge is 0.395 e. The molecule has 0 amide bonds. The molecule has 0 saturated carbocycles. The average Bonchev–Trinajstić information content (AvgIpc) is 1.83. The molecule has 48 valence electrons. The number of hydrogen-bond donors (Lipinski definition) is 2. The molecule has 0 aliphatic rings. The van der Waals surface area contributed by atoms with Gasteiger partial charge in [0, 0.05) is 6.04 Å².